The summed E-state index contributed by atoms with van der Waals surface area (Å²) in [5.41, 5.74) is 2.44. The molecule has 232 valence electrons. The number of hydrogen-bond acceptors (Lipinski definition) is 9. The van der Waals surface area contributed by atoms with Crippen LogP contribution in [0.2, 0.25) is 0 Å². The number of fused-ring (bicyclic) bond motifs is 3. The van der Waals surface area contributed by atoms with Crippen molar-refractivity contribution in [3.05, 3.63) is 54.0 Å². The van der Waals surface area contributed by atoms with Crippen molar-refractivity contribution in [3.8, 4) is 11.3 Å². The summed E-state index contributed by atoms with van der Waals surface area (Å²) in [7, 11) is -2.30. The van der Waals surface area contributed by atoms with Gasteiger partial charge in [0.15, 0.2) is 9.84 Å². The molecular weight excluding hydrogens is 604 g/mol. The molecule has 1 saturated heterocycles. The van der Waals surface area contributed by atoms with Gasteiger partial charge in [-0.15, -0.1) is 5.10 Å². The molecule has 0 saturated carbocycles. The Labute approximate surface area is 249 Å². The van der Waals surface area contributed by atoms with Crippen molar-refractivity contribution in [1.82, 2.24) is 34.5 Å². The molecule has 0 radical (unpaired) electrons. The molecule has 6 rings (SSSR count). The Hall–Kier alpha value is -4.18. The minimum Gasteiger partial charge on any atom is -0.381 e. The van der Waals surface area contributed by atoms with Crippen LogP contribution in [0.15, 0.2) is 41.7 Å². The minimum absolute atomic E-state index is 0.0493. The average molecular weight is 633 g/mol. The standard InChI is InChI=1S/C28H28F4N8O3S/c1-15-24(39(2)38-37-15)17-11-19-23(34-12-17)21-26(20(44(3,41)42)13-35-27(21)36-14-28(30,31)32)40(19)25(16-6-9-43-10-7-16)22-18(29)5-4-8-33-22/h4-5,8,11-13,16,25H,6-7,9-10,14H2,1-3H3,(H,35,36)/t25-/m0/s1. The molecule has 11 nitrogen and oxygen atoms in total. The normalized spacial score (nSPS) is 15.7. The van der Waals surface area contributed by atoms with Gasteiger partial charge in [-0.2, -0.15) is 13.2 Å². The molecule has 1 atom stereocenters. The fraction of sp³-hybridized carbons (Fsp3) is 0.393. The Bertz CT molecular complexity index is 1970. The number of aromatic nitrogens is 7. The van der Waals surface area contributed by atoms with E-state index in [1.165, 1.54) is 24.5 Å². The van der Waals surface area contributed by atoms with Crippen molar-refractivity contribution in [2.75, 3.05) is 31.3 Å². The zero-order valence-corrected chi connectivity index (χ0v) is 24.7. The number of nitrogens with one attached hydrogen (secondary N) is 1. The van der Waals surface area contributed by atoms with Crippen molar-refractivity contribution in [1.29, 1.82) is 0 Å². The van der Waals surface area contributed by atoms with E-state index >= 15 is 4.39 Å². The van der Waals surface area contributed by atoms with Crippen molar-refractivity contribution >= 4 is 37.6 Å². The highest BCUT2D eigenvalue weighted by atomic mass is 32.2. The van der Waals surface area contributed by atoms with E-state index in [1.807, 2.05) is 0 Å². The molecule has 1 aliphatic heterocycles. The molecule has 44 heavy (non-hydrogen) atoms. The molecular formula is C28H28F4N8O3S. The van der Waals surface area contributed by atoms with E-state index in [1.54, 1.807) is 29.3 Å². The first-order valence-electron chi connectivity index (χ1n) is 13.7. The number of alkyl halides is 3. The largest absolute Gasteiger partial charge is 0.405 e. The van der Waals surface area contributed by atoms with Gasteiger partial charge in [0.05, 0.1) is 51.3 Å². The van der Waals surface area contributed by atoms with Crippen LogP contribution in [0.1, 0.15) is 30.3 Å². The molecule has 1 aliphatic rings. The highest BCUT2D eigenvalue weighted by molar-refractivity contribution is 7.91. The van der Waals surface area contributed by atoms with Gasteiger partial charge in [0, 0.05) is 44.5 Å². The molecule has 1 N–H and O–H groups in total. The third-order valence-electron chi connectivity index (χ3n) is 7.80. The van der Waals surface area contributed by atoms with E-state index in [2.05, 4.69) is 30.6 Å². The van der Waals surface area contributed by atoms with Gasteiger partial charge in [-0.3, -0.25) is 9.97 Å². The van der Waals surface area contributed by atoms with Gasteiger partial charge >= 0.3 is 6.18 Å². The number of halogens is 4. The fourth-order valence-electron chi connectivity index (χ4n) is 5.96. The monoisotopic (exact) mass is 632 g/mol. The van der Waals surface area contributed by atoms with Crippen LogP contribution in [0.3, 0.4) is 0 Å². The molecule has 16 heteroatoms. The van der Waals surface area contributed by atoms with Gasteiger partial charge < -0.3 is 14.6 Å². The van der Waals surface area contributed by atoms with E-state index < -0.39 is 34.4 Å². The number of nitrogens with zero attached hydrogens (tertiary/aromatic N) is 7. The highest BCUT2D eigenvalue weighted by Crippen LogP contribution is 2.44. The lowest BCUT2D eigenvalue weighted by atomic mass is 9.88. The third-order valence-corrected chi connectivity index (χ3v) is 8.90. The highest BCUT2D eigenvalue weighted by Gasteiger charge is 2.36. The van der Waals surface area contributed by atoms with Gasteiger partial charge in [0.1, 0.15) is 23.1 Å². The van der Waals surface area contributed by atoms with E-state index in [0.29, 0.717) is 48.5 Å². The number of aryl methyl sites for hydroxylation is 2. The smallest absolute Gasteiger partial charge is 0.381 e. The van der Waals surface area contributed by atoms with E-state index in [0.717, 1.165) is 12.5 Å². The van der Waals surface area contributed by atoms with Gasteiger partial charge in [0.2, 0.25) is 0 Å². The van der Waals surface area contributed by atoms with Crippen LogP contribution in [0, 0.1) is 18.7 Å². The number of anilines is 1. The minimum atomic E-state index is -4.59. The average Bonchev–Trinajstić information content (AvgIpc) is 3.48. The summed E-state index contributed by atoms with van der Waals surface area (Å²) >= 11 is 0. The number of rotatable bonds is 7. The zero-order chi connectivity index (χ0) is 31.4. The quantitative estimate of drug-likeness (QED) is 0.256. The third kappa shape index (κ3) is 5.36. The lowest BCUT2D eigenvalue weighted by Gasteiger charge is -2.32. The second kappa shape index (κ2) is 11.1. The maximum atomic E-state index is 15.7. The van der Waals surface area contributed by atoms with Crippen LogP contribution in [0.4, 0.5) is 23.4 Å². The van der Waals surface area contributed by atoms with Crippen LogP contribution in [0.25, 0.3) is 33.2 Å². The molecule has 5 aromatic rings. The first-order chi connectivity index (χ1) is 20.8. The van der Waals surface area contributed by atoms with Crippen LogP contribution < -0.4 is 5.32 Å². The van der Waals surface area contributed by atoms with Gasteiger partial charge in [0.25, 0.3) is 0 Å². The summed E-state index contributed by atoms with van der Waals surface area (Å²) in [5, 5.41) is 10.6. The Morgan fingerprint density at radius 2 is 1.91 bits per heavy atom. The molecule has 6 heterocycles. The number of sulfone groups is 1. The van der Waals surface area contributed by atoms with Crippen LogP contribution in [0.5, 0.6) is 0 Å². The van der Waals surface area contributed by atoms with Crippen LogP contribution in [-0.2, 0) is 21.6 Å². The predicted octanol–water partition coefficient (Wildman–Crippen LogP) is 4.62. The lowest BCUT2D eigenvalue weighted by Crippen LogP contribution is -2.28. The maximum Gasteiger partial charge on any atom is 0.405 e. The van der Waals surface area contributed by atoms with Gasteiger partial charge in [-0.05, 0) is 43.9 Å². The zero-order valence-electron chi connectivity index (χ0n) is 23.9. The lowest BCUT2D eigenvalue weighted by molar-refractivity contribution is -0.115. The van der Waals surface area contributed by atoms with Crippen molar-refractivity contribution < 1.29 is 30.7 Å². The number of hydrogen-bond donors (Lipinski definition) is 1. The van der Waals surface area contributed by atoms with E-state index in [4.69, 9.17) is 4.74 Å². The molecule has 0 spiro atoms. The molecule has 5 aromatic heterocycles. The summed E-state index contributed by atoms with van der Waals surface area (Å²) in [6.45, 7) is 1.11. The Kier molecular flexibility index (Phi) is 7.52. The van der Waals surface area contributed by atoms with Gasteiger partial charge in [-0.1, -0.05) is 5.21 Å². The van der Waals surface area contributed by atoms with E-state index in [9.17, 15) is 21.6 Å². The first-order valence-corrected chi connectivity index (χ1v) is 15.6. The molecule has 0 bridgehead atoms. The fourth-order valence-corrected chi connectivity index (χ4v) is 6.76. The van der Waals surface area contributed by atoms with E-state index in [-0.39, 0.29) is 38.7 Å². The Morgan fingerprint density at radius 3 is 2.55 bits per heavy atom. The second-order valence-corrected chi connectivity index (χ2v) is 12.8. The first kappa shape index (κ1) is 29.9. The maximum absolute atomic E-state index is 15.7. The molecule has 0 unspecified atom stereocenters. The summed E-state index contributed by atoms with van der Waals surface area (Å²) in [6, 6.07) is 3.59. The van der Waals surface area contributed by atoms with Crippen molar-refractivity contribution in [2.24, 2.45) is 13.0 Å². The molecule has 0 aromatic carbocycles. The Morgan fingerprint density at radius 1 is 1.16 bits per heavy atom. The summed E-state index contributed by atoms with van der Waals surface area (Å²) < 4.78 is 91.0. The Balaban J connectivity index is 1.78. The van der Waals surface area contributed by atoms with Crippen molar-refractivity contribution in [3.63, 3.8) is 0 Å². The summed E-state index contributed by atoms with van der Waals surface area (Å²) in [5.74, 6) is -1.10. The molecule has 1 fully saturated rings. The summed E-state index contributed by atoms with van der Waals surface area (Å²) in [6.07, 6.45) is 1.39. The predicted molar refractivity (Wildman–Crippen MR) is 153 cm³/mol. The topological polar surface area (TPSA) is 130 Å². The van der Waals surface area contributed by atoms with Crippen molar-refractivity contribution in [2.45, 2.75) is 36.9 Å². The second-order valence-electron chi connectivity index (χ2n) is 10.8. The number of ether oxygens (including phenoxy) is 1. The SMILES string of the molecule is Cc1nnn(C)c1-c1cnc2c3c(NCC(F)(F)F)ncc(S(C)(=O)=O)c3n([C@H](c3ncccc3F)C3CCOCC3)c2c1. The molecule has 0 amide bonds. The van der Waals surface area contributed by atoms with Gasteiger partial charge in [-0.25, -0.2) is 22.5 Å². The summed E-state index contributed by atoms with van der Waals surface area (Å²) in [4.78, 5) is 12.9. The van der Waals surface area contributed by atoms with Crippen LogP contribution in [-0.4, -0.2) is 75.1 Å². The van der Waals surface area contributed by atoms with Crippen LogP contribution >= 0.6 is 0 Å². The molecule has 0 aliphatic carbocycles. The number of pyridine rings is 3.